The van der Waals surface area contributed by atoms with Crippen LogP contribution in [0.1, 0.15) is 18.9 Å². The van der Waals surface area contributed by atoms with Gasteiger partial charge in [0, 0.05) is 33.5 Å². The van der Waals surface area contributed by atoms with E-state index in [0.717, 1.165) is 17.7 Å². The molecule has 0 aliphatic carbocycles. The minimum absolute atomic E-state index is 0.0345. The summed E-state index contributed by atoms with van der Waals surface area (Å²) in [6.45, 7) is 2.49. The Morgan fingerprint density at radius 3 is 2.45 bits per heavy atom. The Bertz CT molecular complexity index is 443. The second-order valence-electron chi connectivity index (χ2n) is 4.65. The van der Waals surface area contributed by atoms with Crippen LogP contribution in [0.5, 0.6) is 5.75 Å². The van der Waals surface area contributed by atoms with Gasteiger partial charge in [0.05, 0.1) is 7.11 Å². The van der Waals surface area contributed by atoms with Crippen LogP contribution in [0, 0.1) is 0 Å². The van der Waals surface area contributed by atoms with Crippen molar-refractivity contribution in [3.63, 3.8) is 0 Å². The number of carbonyl (C=O) groups excluding carboxylic acids is 2. The lowest BCUT2D eigenvalue weighted by Gasteiger charge is -2.17. The van der Waals surface area contributed by atoms with Crippen molar-refractivity contribution < 1.29 is 14.3 Å². The first kappa shape index (κ1) is 16.0. The Morgan fingerprint density at radius 2 is 1.90 bits per heavy atom. The van der Waals surface area contributed by atoms with Crippen LogP contribution < -0.4 is 10.1 Å². The van der Waals surface area contributed by atoms with Gasteiger partial charge in [0.1, 0.15) is 5.75 Å². The van der Waals surface area contributed by atoms with Gasteiger partial charge in [0.25, 0.3) is 0 Å². The Balaban J connectivity index is 2.32. The highest BCUT2D eigenvalue weighted by Crippen LogP contribution is 2.11. The van der Waals surface area contributed by atoms with E-state index in [4.69, 9.17) is 4.74 Å². The van der Waals surface area contributed by atoms with Crippen LogP contribution in [0.25, 0.3) is 0 Å². The van der Waals surface area contributed by atoms with Crippen molar-refractivity contribution in [2.24, 2.45) is 0 Å². The van der Waals surface area contributed by atoms with E-state index >= 15 is 0 Å². The Hall–Kier alpha value is -2.04. The van der Waals surface area contributed by atoms with Crippen LogP contribution in [0.3, 0.4) is 0 Å². The molecule has 0 unspecified atom stereocenters. The van der Waals surface area contributed by atoms with Gasteiger partial charge in [-0.25, -0.2) is 0 Å². The molecule has 1 rings (SSSR count). The Kier molecular flexibility index (Phi) is 6.56. The highest BCUT2D eigenvalue weighted by atomic mass is 16.5. The number of carbonyl (C=O) groups is 2. The summed E-state index contributed by atoms with van der Waals surface area (Å²) < 4.78 is 5.10. The summed E-state index contributed by atoms with van der Waals surface area (Å²) >= 11 is 0. The molecule has 20 heavy (non-hydrogen) atoms. The zero-order valence-corrected chi connectivity index (χ0v) is 12.3. The van der Waals surface area contributed by atoms with Crippen molar-refractivity contribution in [1.29, 1.82) is 0 Å². The van der Waals surface area contributed by atoms with Crippen molar-refractivity contribution in [3.05, 3.63) is 29.8 Å². The van der Waals surface area contributed by atoms with E-state index < -0.39 is 0 Å². The molecular formula is C15H22N2O3. The van der Waals surface area contributed by atoms with Crippen LogP contribution in [-0.2, 0) is 16.0 Å². The summed E-state index contributed by atoms with van der Waals surface area (Å²) in [7, 11) is 3.41. The summed E-state index contributed by atoms with van der Waals surface area (Å²) in [6.07, 6.45) is 1.13. The summed E-state index contributed by atoms with van der Waals surface area (Å²) in [6, 6.07) is 7.81. The van der Waals surface area contributed by atoms with E-state index in [0.29, 0.717) is 19.5 Å². The molecule has 0 aromatic heterocycles. The zero-order valence-electron chi connectivity index (χ0n) is 12.3. The maximum absolute atomic E-state index is 11.8. The monoisotopic (exact) mass is 278 g/mol. The van der Waals surface area contributed by atoms with Crippen molar-refractivity contribution in [2.45, 2.75) is 19.8 Å². The Morgan fingerprint density at radius 1 is 1.25 bits per heavy atom. The number of methoxy groups -OCH3 is 1. The smallest absolute Gasteiger partial charge is 0.224 e. The number of likely N-dealkylation sites (N-methyl/N-ethyl adjacent to an activating group) is 1. The summed E-state index contributed by atoms with van der Waals surface area (Å²) in [5, 5.41) is 2.62. The molecule has 0 fully saturated rings. The topological polar surface area (TPSA) is 58.6 Å². The van der Waals surface area contributed by atoms with Crippen LogP contribution in [-0.4, -0.2) is 44.0 Å². The second-order valence-corrected chi connectivity index (χ2v) is 4.65. The maximum Gasteiger partial charge on any atom is 0.224 e. The molecule has 0 bridgehead atoms. The molecule has 5 nitrogen and oxygen atoms in total. The predicted octanol–water partition coefficient (Wildman–Crippen LogP) is 1.22. The average Bonchev–Trinajstić information content (AvgIpc) is 2.44. The van der Waals surface area contributed by atoms with Gasteiger partial charge in [0.2, 0.25) is 11.8 Å². The first-order valence-corrected chi connectivity index (χ1v) is 6.64. The molecule has 0 atom stereocenters. The van der Waals surface area contributed by atoms with Gasteiger partial charge in [-0.2, -0.15) is 0 Å². The third-order valence-electron chi connectivity index (χ3n) is 3.03. The fraction of sp³-hybridized carbons (Fsp3) is 0.467. The largest absolute Gasteiger partial charge is 0.497 e. The molecule has 0 aliphatic heterocycles. The lowest BCUT2D eigenvalue weighted by atomic mass is 10.1. The predicted molar refractivity (Wildman–Crippen MR) is 77.6 cm³/mol. The van der Waals surface area contributed by atoms with Crippen LogP contribution in [0.4, 0.5) is 0 Å². The number of amides is 2. The molecule has 1 aromatic carbocycles. The van der Waals surface area contributed by atoms with Crippen molar-refractivity contribution in [1.82, 2.24) is 10.2 Å². The van der Waals surface area contributed by atoms with E-state index in [2.05, 4.69) is 5.32 Å². The van der Waals surface area contributed by atoms with E-state index in [9.17, 15) is 9.59 Å². The molecule has 1 aromatic rings. The van der Waals surface area contributed by atoms with Gasteiger partial charge in [-0.3, -0.25) is 9.59 Å². The number of hydrogen-bond donors (Lipinski definition) is 1. The molecule has 110 valence electrons. The number of hydrogen-bond acceptors (Lipinski definition) is 3. The number of nitrogens with one attached hydrogen (secondary N) is 1. The van der Waals surface area contributed by atoms with Gasteiger partial charge in [-0.1, -0.05) is 12.1 Å². The molecular weight excluding hydrogens is 256 g/mol. The lowest BCUT2D eigenvalue weighted by molar-refractivity contribution is -0.129. The minimum atomic E-state index is -0.112. The average molecular weight is 278 g/mol. The van der Waals surface area contributed by atoms with E-state index in [1.807, 2.05) is 24.3 Å². The molecule has 1 N–H and O–H groups in total. The quantitative estimate of drug-likeness (QED) is 0.816. The van der Waals surface area contributed by atoms with E-state index in [1.54, 1.807) is 19.1 Å². The number of benzene rings is 1. The molecule has 2 amide bonds. The van der Waals surface area contributed by atoms with Crippen molar-refractivity contribution in [2.75, 3.05) is 27.2 Å². The summed E-state index contributed by atoms with van der Waals surface area (Å²) in [5.41, 5.74) is 1.16. The van der Waals surface area contributed by atoms with E-state index in [1.165, 1.54) is 6.92 Å². The number of ether oxygens (including phenoxy) is 1. The standard InChI is InChI=1S/C15H22N2O3/c1-12(18)16-10-8-15(19)17(2)11-9-13-4-6-14(20-3)7-5-13/h4-7H,8-11H2,1-3H3,(H,16,18). The highest BCUT2D eigenvalue weighted by molar-refractivity contribution is 5.77. The fourth-order valence-electron chi connectivity index (χ4n) is 1.75. The molecule has 5 heteroatoms. The molecule has 0 saturated carbocycles. The molecule has 0 spiro atoms. The third-order valence-corrected chi connectivity index (χ3v) is 3.03. The highest BCUT2D eigenvalue weighted by Gasteiger charge is 2.08. The van der Waals surface area contributed by atoms with E-state index in [-0.39, 0.29) is 11.8 Å². The van der Waals surface area contributed by atoms with Crippen LogP contribution in [0.2, 0.25) is 0 Å². The van der Waals surface area contributed by atoms with Crippen LogP contribution in [0.15, 0.2) is 24.3 Å². The van der Waals surface area contributed by atoms with Crippen LogP contribution >= 0.6 is 0 Å². The molecule has 0 saturated heterocycles. The van der Waals surface area contributed by atoms with Gasteiger partial charge < -0.3 is 15.0 Å². The fourth-order valence-corrected chi connectivity index (χ4v) is 1.75. The molecule has 0 aliphatic rings. The van der Waals surface area contributed by atoms with Gasteiger partial charge in [0.15, 0.2) is 0 Å². The zero-order chi connectivity index (χ0) is 15.0. The first-order valence-electron chi connectivity index (χ1n) is 6.64. The molecule has 0 heterocycles. The molecule has 0 radical (unpaired) electrons. The normalized spacial score (nSPS) is 9.95. The van der Waals surface area contributed by atoms with Crippen molar-refractivity contribution in [3.8, 4) is 5.75 Å². The maximum atomic E-state index is 11.8. The number of rotatable bonds is 7. The van der Waals surface area contributed by atoms with Crippen molar-refractivity contribution >= 4 is 11.8 Å². The third kappa shape index (κ3) is 5.73. The summed E-state index contributed by atoms with van der Waals surface area (Å²) in [4.78, 5) is 24.2. The van der Waals surface area contributed by atoms with Gasteiger partial charge >= 0.3 is 0 Å². The number of nitrogens with zero attached hydrogens (tertiary/aromatic N) is 1. The van der Waals surface area contributed by atoms with Gasteiger partial charge in [-0.15, -0.1) is 0 Å². The van der Waals surface area contributed by atoms with Gasteiger partial charge in [-0.05, 0) is 24.1 Å². The first-order chi connectivity index (χ1) is 9.52. The minimum Gasteiger partial charge on any atom is -0.497 e. The second kappa shape index (κ2) is 8.19. The summed E-state index contributed by atoms with van der Waals surface area (Å²) in [5.74, 6) is 0.749. The lowest BCUT2D eigenvalue weighted by Crippen LogP contribution is -2.32. The Labute approximate surface area is 119 Å². The SMILES string of the molecule is COc1ccc(CCN(C)C(=O)CCNC(C)=O)cc1.